The molecule has 6 nitrogen and oxygen atoms in total. The lowest BCUT2D eigenvalue weighted by Crippen LogP contribution is -2.32. The lowest BCUT2D eigenvalue weighted by Gasteiger charge is -2.17. The highest BCUT2D eigenvalue weighted by Crippen LogP contribution is 2.25. The summed E-state index contributed by atoms with van der Waals surface area (Å²) in [4.78, 5) is 31.1. The number of hydrogen-bond donors (Lipinski definition) is 1. The third kappa shape index (κ3) is 5.32. The van der Waals surface area contributed by atoms with Gasteiger partial charge in [0.2, 0.25) is 0 Å². The van der Waals surface area contributed by atoms with Crippen molar-refractivity contribution in [3.8, 4) is 0 Å². The molecule has 2 aromatic carbocycles. The number of ether oxygens (including phenoxy) is 1. The molecule has 5 rings (SSSR count). The molecule has 8 heteroatoms. The summed E-state index contributed by atoms with van der Waals surface area (Å²) in [7, 11) is 0. The summed E-state index contributed by atoms with van der Waals surface area (Å²) in [5.74, 6) is 0.553. The van der Waals surface area contributed by atoms with E-state index >= 15 is 0 Å². The van der Waals surface area contributed by atoms with Crippen molar-refractivity contribution in [2.45, 2.75) is 68.1 Å². The molecular weight excluding hydrogens is 470 g/mol. The van der Waals surface area contributed by atoms with Crippen molar-refractivity contribution in [1.82, 2.24) is 14.9 Å². The number of thioether (sulfide) groups is 1. The number of nitrogens with zero attached hydrogens (tertiary/aromatic N) is 2. The van der Waals surface area contributed by atoms with Gasteiger partial charge in [0, 0.05) is 29.0 Å². The number of benzene rings is 2. The van der Waals surface area contributed by atoms with Gasteiger partial charge in [-0.2, -0.15) is 0 Å². The average Bonchev–Trinajstić information content (AvgIpc) is 3.55. The molecule has 1 atom stereocenters. The summed E-state index contributed by atoms with van der Waals surface area (Å²) < 4.78 is 7.54. The van der Waals surface area contributed by atoms with Gasteiger partial charge in [-0.1, -0.05) is 48.3 Å². The molecule has 0 spiro atoms. The van der Waals surface area contributed by atoms with Crippen molar-refractivity contribution >= 4 is 40.2 Å². The van der Waals surface area contributed by atoms with Gasteiger partial charge in [0.25, 0.3) is 11.5 Å². The number of amides is 1. The van der Waals surface area contributed by atoms with Gasteiger partial charge >= 0.3 is 0 Å². The Morgan fingerprint density at radius 3 is 2.65 bits per heavy atom. The summed E-state index contributed by atoms with van der Waals surface area (Å²) in [6.45, 7) is 1.21. The van der Waals surface area contributed by atoms with Crippen molar-refractivity contribution in [3.63, 3.8) is 0 Å². The molecule has 1 aliphatic carbocycles. The van der Waals surface area contributed by atoms with E-state index in [1.807, 2.05) is 24.3 Å². The smallest absolute Gasteiger partial charge is 0.262 e. The molecule has 178 valence electrons. The summed E-state index contributed by atoms with van der Waals surface area (Å²) in [6.07, 6.45) is 6.32. The Morgan fingerprint density at radius 1 is 1.12 bits per heavy atom. The molecule has 0 radical (unpaired) electrons. The van der Waals surface area contributed by atoms with E-state index in [2.05, 4.69) is 5.32 Å². The highest BCUT2D eigenvalue weighted by Gasteiger charge is 2.22. The SMILES string of the molecule is O=C(NC1CCCC1)c1ccc2c(=O)n(C[C@@H]3CCCO3)c(SCc3ccc(Cl)cc3)nc2c1. The Bertz CT molecular complexity index is 1230. The number of halogens is 1. The minimum Gasteiger partial charge on any atom is -0.376 e. The fourth-order valence-electron chi connectivity index (χ4n) is 4.67. The molecule has 1 N–H and O–H groups in total. The molecule has 0 bridgehead atoms. The Morgan fingerprint density at radius 2 is 1.91 bits per heavy atom. The van der Waals surface area contributed by atoms with Gasteiger partial charge in [-0.25, -0.2) is 4.98 Å². The van der Waals surface area contributed by atoms with E-state index in [1.165, 1.54) is 11.8 Å². The van der Waals surface area contributed by atoms with Gasteiger partial charge in [-0.05, 0) is 61.6 Å². The highest BCUT2D eigenvalue weighted by molar-refractivity contribution is 7.98. The first-order valence-corrected chi connectivity index (χ1v) is 13.3. The Labute approximate surface area is 208 Å². The second-order valence-corrected chi connectivity index (χ2v) is 10.4. The molecule has 1 saturated heterocycles. The summed E-state index contributed by atoms with van der Waals surface area (Å²) >= 11 is 7.53. The molecule has 2 fully saturated rings. The number of fused-ring (bicyclic) bond motifs is 1. The van der Waals surface area contributed by atoms with Crippen LogP contribution in [0.1, 0.15) is 54.4 Å². The van der Waals surface area contributed by atoms with E-state index < -0.39 is 0 Å². The molecule has 1 aromatic heterocycles. The van der Waals surface area contributed by atoms with E-state index in [0.29, 0.717) is 38.9 Å². The Kier molecular flexibility index (Phi) is 7.23. The predicted octanol–water partition coefficient (Wildman–Crippen LogP) is 5.19. The molecule has 1 aliphatic heterocycles. The monoisotopic (exact) mass is 497 g/mol. The van der Waals surface area contributed by atoms with Crippen molar-refractivity contribution in [2.24, 2.45) is 0 Å². The van der Waals surface area contributed by atoms with Crippen LogP contribution in [-0.4, -0.2) is 34.2 Å². The Balaban J connectivity index is 1.46. The van der Waals surface area contributed by atoms with E-state index in [9.17, 15) is 9.59 Å². The van der Waals surface area contributed by atoms with E-state index in [4.69, 9.17) is 21.3 Å². The Hall–Kier alpha value is -2.35. The van der Waals surface area contributed by atoms with Gasteiger partial charge in [0.15, 0.2) is 5.16 Å². The van der Waals surface area contributed by atoms with Gasteiger partial charge < -0.3 is 10.1 Å². The fraction of sp³-hybridized carbons (Fsp3) is 0.423. The minimum atomic E-state index is -0.102. The molecule has 2 heterocycles. The number of rotatable bonds is 7. The number of hydrogen-bond acceptors (Lipinski definition) is 5. The van der Waals surface area contributed by atoms with Crippen LogP contribution >= 0.6 is 23.4 Å². The molecule has 3 aromatic rings. The van der Waals surface area contributed by atoms with E-state index in [1.54, 1.807) is 22.8 Å². The second-order valence-electron chi connectivity index (χ2n) is 9.05. The third-order valence-corrected chi connectivity index (χ3v) is 7.86. The van der Waals surface area contributed by atoms with E-state index in [0.717, 1.165) is 50.7 Å². The van der Waals surface area contributed by atoms with Crippen LogP contribution in [0.4, 0.5) is 0 Å². The minimum absolute atomic E-state index is 0.0169. The average molecular weight is 498 g/mol. The van der Waals surface area contributed by atoms with Crippen LogP contribution in [0.2, 0.25) is 5.02 Å². The maximum atomic E-state index is 13.5. The molecular formula is C26H28ClN3O3S. The van der Waals surface area contributed by atoms with Crippen LogP contribution in [-0.2, 0) is 17.0 Å². The predicted molar refractivity (Wildman–Crippen MR) is 136 cm³/mol. The topological polar surface area (TPSA) is 73.2 Å². The molecule has 0 unspecified atom stereocenters. The summed E-state index contributed by atoms with van der Waals surface area (Å²) in [6, 6.07) is 13.1. The normalized spacial score (nSPS) is 18.6. The summed E-state index contributed by atoms with van der Waals surface area (Å²) in [5, 5.41) is 4.96. The van der Waals surface area contributed by atoms with Crippen LogP contribution in [0.25, 0.3) is 10.9 Å². The number of aromatic nitrogens is 2. The summed E-state index contributed by atoms with van der Waals surface area (Å²) in [5.41, 5.74) is 2.09. The van der Waals surface area contributed by atoms with Gasteiger partial charge in [-0.15, -0.1) is 0 Å². The number of carbonyl (C=O) groups is 1. The first-order valence-electron chi connectivity index (χ1n) is 11.9. The van der Waals surface area contributed by atoms with Crippen molar-refractivity contribution in [1.29, 1.82) is 0 Å². The zero-order valence-corrected chi connectivity index (χ0v) is 20.5. The van der Waals surface area contributed by atoms with Crippen molar-refractivity contribution in [3.05, 3.63) is 69.0 Å². The molecule has 34 heavy (non-hydrogen) atoms. The van der Waals surface area contributed by atoms with Gasteiger partial charge in [0.1, 0.15) is 0 Å². The van der Waals surface area contributed by atoms with Crippen LogP contribution in [0.5, 0.6) is 0 Å². The maximum Gasteiger partial charge on any atom is 0.262 e. The third-order valence-electron chi connectivity index (χ3n) is 6.56. The second kappa shape index (κ2) is 10.5. The lowest BCUT2D eigenvalue weighted by atomic mass is 10.1. The zero-order valence-electron chi connectivity index (χ0n) is 19.0. The highest BCUT2D eigenvalue weighted by atomic mass is 35.5. The van der Waals surface area contributed by atoms with Crippen LogP contribution in [0.15, 0.2) is 52.4 Å². The van der Waals surface area contributed by atoms with Gasteiger partial charge in [-0.3, -0.25) is 14.2 Å². The number of carbonyl (C=O) groups excluding carboxylic acids is 1. The van der Waals surface area contributed by atoms with E-state index in [-0.39, 0.29) is 23.6 Å². The van der Waals surface area contributed by atoms with Crippen LogP contribution in [0, 0.1) is 0 Å². The quantitative estimate of drug-likeness (QED) is 0.359. The molecule has 1 amide bonds. The molecule has 1 saturated carbocycles. The van der Waals surface area contributed by atoms with Crippen LogP contribution < -0.4 is 10.9 Å². The first-order chi connectivity index (χ1) is 16.6. The fourth-order valence-corrected chi connectivity index (χ4v) is 5.76. The standard InChI is InChI=1S/C26H28ClN3O3S/c27-19-10-7-17(8-11-19)16-34-26-29-23-14-18(24(31)28-20-4-1-2-5-20)9-12-22(23)25(32)30(26)15-21-6-3-13-33-21/h7-12,14,20-21H,1-6,13,15-16H2,(H,28,31)/t21-/m0/s1. The largest absolute Gasteiger partial charge is 0.376 e. The van der Waals surface area contributed by atoms with Gasteiger partial charge in [0.05, 0.1) is 23.6 Å². The maximum absolute atomic E-state index is 13.5. The van der Waals surface area contributed by atoms with Crippen molar-refractivity contribution in [2.75, 3.05) is 6.61 Å². The zero-order chi connectivity index (χ0) is 23.5. The molecule has 2 aliphatic rings. The van der Waals surface area contributed by atoms with Crippen LogP contribution in [0.3, 0.4) is 0 Å². The lowest BCUT2D eigenvalue weighted by molar-refractivity contribution is 0.0935. The van der Waals surface area contributed by atoms with Crippen molar-refractivity contribution < 1.29 is 9.53 Å². The number of nitrogens with one attached hydrogen (secondary N) is 1. The first kappa shape index (κ1) is 23.4.